The van der Waals surface area contributed by atoms with Crippen molar-refractivity contribution in [3.05, 3.63) is 28.8 Å². The van der Waals surface area contributed by atoms with E-state index in [0.29, 0.717) is 21.5 Å². The third-order valence-electron chi connectivity index (χ3n) is 3.58. The highest BCUT2D eigenvalue weighted by atomic mass is 35.5. The predicted molar refractivity (Wildman–Crippen MR) is 97.6 cm³/mol. The average Bonchev–Trinajstić information content (AvgIpc) is 2.77. The van der Waals surface area contributed by atoms with E-state index in [1.54, 1.807) is 33.8 Å². The van der Waals surface area contributed by atoms with Gasteiger partial charge in [-0.05, 0) is 51.5 Å². The van der Waals surface area contributed by atoms with Crippen LogP contribution in [0.3, 0.4) is 0 Å². The Bertz CT molecular complexity index is 985. The molecule has 0 aliphatic carbocycles. The first kappa shape index (κ1) is 20.3. The van der Waals surface area contributed by atoms with Crippen LogP contribution >= 0.6 is 11.6 Å². The molecule has 0 bridgehead atoms. The summed E-state index contributed by atoms with van der Waals surface area (Å²) in [7, 11) is -4.05. The number of sulfone groups is 1. The fraction of sp³-hybridized carbons (Fsp3) is 0.412. The zero-order valence-electron chi connectivity index (χ0n) is 14.9. The van der Waals surface area contributed by atoms with Crippen LogP contribution in [0.4, 0.5) is 4.79 Å². The highest BCUT2D eigenvalue weighted by Crippen LogP contribution is 2.32. The van der Waals surface area contributed by atoms with E-state index < -0.39 is 39.7 Å². The summed E-state index contributed by atoms with van der Waals surface area (Å²) in [5, 5.41) is 9.42. The van der Waals surface area contributed by atoms with Gasteiger partial charge in [0.15, 0.2) is 9.84 Å². The molecule has 0 unspecified atom stereocenters. The minimum absolute atomic E-state index is 0.273. The number of hydrogen-bond acceptors (Lipinski definition) is 5. The summed E-state index contributed by atoms with van der Waals surface area (Å²) in [6.45, 7) is 6.55. The number of carbonyl (C=O) groups is 2. The summed E-state index contributed by atoms with van der Waals surface area (Å²) in [5.74, 6) is -1.87. The summed E-state index contributed by atoms with van der Waals surface area (Å²) in [6.07, 6.45) is -1.43. The van der Waals surface area contributed by atoms with Gasteiger partial charge in [-0.3, -0.25) is 4.79 Å². The Morgan fingerprint density at radius 2 is 1.88 bits per heavy atom. The first-order valence-electron chi connectivity index (χ1n) is 7.82. The zero-order chi connectivity index (χ0) is 19.9. The number of nitrogens with zero attached hydrogens (tertiary/aromatic N) is 1. The lowest BCUT2D eigenvalue weighted by molar-refractivity contribution is -0.136. The van der Waals surface area contributed by atoms with E-state index in [-0.39, 0.29) is 5.03 Å². The van der Waals surface area contributed by atoms with Crippen molar-refractivity contribution in [3.63, 3.8) is 0 Å². The second kappa shape index (κ2) is 6.92. The van der Waals surface area contributed by atoms with Crippen molar-refractivity contribution in [1.82, 2.24) is 4.57 Å². The Labute approximate surface area is 156 Å². The molecule has 0 radical (unpaired) electrons. The second-order valence-corrected chi connectivity index (χ2v) is 9.33. The number of aromatic nitrogens is 1. The Morgan fingerprint density at radius 1 is 1.27 bits per heavy atom. The minimum atomic E-state index is -4.05. The van der Waals surface area contributed by atoms with Gasteiger partial charge < -0.3 is 9.84 Å². The van der Waals surface area contributed by atoms with Gasteiger partial charge in [-0.2, -0.15) is 0 Å². The molecule has 1 N–H and O–H groups in total. The number of ether oxygens (including phenoxy) is 1. The van der Waals surface area contributed by atoms with Crippen LogP contribution in [0.2, 0.25) is 5.02 Å². The monoisotopic (exact) mass is 401 g/mol. The Hall–Kier alpha value is -2.06. The standard InChI is InChI=1S/C17H20ClNO6S/c1-10-12-9-11(18)5-6-13(12)19(16(22)25-17(2,3)4)15(10)26(23,24)8-7-14(20)21/h5-6,9H,7-8H2,1-4H3,(H,20,21). The first-order valence-corrected chi connectivity index (χ1v) is 9.85. The zero-order valence-corrected chi connectivity index (χ0v) is 16.4. The van der Waals surface area contributed by atoms with Crippen molar-refractivity contribution in [3.8, 4) is 0 Å². The molecular formula is C17H20ClNO6S. The molecule has 0 spiro atoms. The SMILES string of the molecule is Cc1c(S(=O)(=O)CCC(=O)O)n(C(=O)OC(C)(C)C)c2ccc(Cl)cc12. The van der Waals surface area contributed by atoms with Crippen LogP contribution in [-0.4, -0.2) is 41.5 Å². The number of benzene rings is 1. The van der Waals surface area contributed by atoms with Gasteiger partial charge in [-0.25, -0.2) is 17.8 Å². The van der Waals surface area contributed by atoms with Crippen molar-refractivity contribution in [1.29, 1.82) is 0 Å². The smallest absolute Gasteiger partial charge is 0.420 e. The van der Waals surface area contributed by atoms with Gasteiger partial charge in [0.2, 0.25) is 0 Å². The number of carboxylic acids is 1. The Balaban J connectivity index is 2.75. The summed E-state index contributed by atoms with van der Waals surface area (Å²) < 4.78 is 31.9. The number of hydrogen-bond donors (Lipinski definition) is 1. The van der Waals surface area contributed by atoms with Gasteiger partial charge in [0.25, 0.3) is 0 Å². The number of aliphatic carboxylic acids is 1. The molecule has 0 aliphatic heterocycles. The van der Waals surface area contributed by atoms with E-state index in [1.165, 1.54) is 12.1 Å². The highest BCUT2D eigenvalue weighted by Gasteiger charge is 2.31. The van der Waals surface area contributed by atoms with E-state index in [0.717, 1.165) is 4.57 Å². The molecule has 0 aliphatic rings. The molecule has 0 fully saturated rings. The van der Waals surface area contributed by atoms with Gasteiger partial charge >= 0.3 is 12.1 Å². The molecule has 142 valence electrons. The normalized spacial score (nSPS) is 12.3. The van der Waals surface area contributed by atoms with Crippen molar-refractivity contribution in [2.45, 2.75) is 44.7 Å². The lowest BCUT2D eigenvalue weighted by Crippen LogP contribution is -2.29. The second-order valence-electron chi connectivity index (χ2n) is 6.87. The van der Waals surface area contributed by atoms with Crippen molar-refractivity contribution in [2.75, 3.05) is 5.75 Å². The van der Waals surface area contributed by atoms with Crippen molar-refractivity contribution < 1.29 is 27.9 Å². The summed E-state index contributed by atoms with van der Waals surface area (Å²) in [5.41, 5.74) is -0.190. The van der Waals surface area contributed by atoms with E-state index in [1.807, 2.05) is 0 Å². The highest BCUT2D eigenvalue weighted by molar-refractivity contribution is 7.91. The molecule has 1 heterocycles. The summed E-state index contributed by atoms with van der Waals surface area (Å²) in [4.78, 5) is 23.5. The maximum absolute atomic E-state index is 12.8. The average molecular weight is 402 g/mol. The van der Waals surface area contributed by atoms with Crippen LogP contribution < -0.4 is 0 Å². The lowest BCUT2D eigenvalue weighted by Gasteiger charge is -2.21. The van der Waals surface area contributed by atoms with Gasteiger partial charge in [0, 0.05) is 10.4 Å². The van der Waals surface area contributed by atoms with Gasteiger partial charge in [0.05, 0.1) is 17.7 Å². The third kappa shape index (κ3) is 4.19. The maximum atomic E-state index is 12.8. The number of halogens is 1. The van der Waals surface area contributed by atoms with Gasteiger partial charge in [0.1, 0.15) is 10.6 Å². The molecule has 0 atom stereocenters. The molecule has 0 amide bonds. The van der Waals surface area contributed by atoms with E-state index >= 15 is 0 Å². The fourth-order valence-electron chi connectivity index (χ4n) is 2.58. The number of carboxylic acid groups (broad SMARTS) is 1. The molecule has 26 heavy (non-hydrogen) atoms. The van der Waals surface area contributed by atoms with Crippen LogP contribution in [-0.2, 0) is 19.4 Å². The van der Waals surface area contributed by atoms with Crippen molar-refractivity contribution >= 4 is 44.4 Å². The molecule has 9 heteroatoms. The quantitative estimate of drug-likeness (QED) is 0.838. The van der Waals surface area contributed by atoms with E-state index in [2.05, 4.69) is 0 Å². The number of carbonyl (C=O) groups excluding carboxylic acids is 1. The predicted octanol–water partition coefficient (Wildman–Crippen LogP) is 3.63. The van der Waals surface area contributed by atoms with Crippen LogP contribution in [0, 0.1) is 6.92 Å². The topological polar surface area (TPSA) is 103 Å². The number of aryl methyl sites for hydroxylation is 1. The van der Waals surface area contributed by atoms with E-state index in [9.17, 15) is 18.0 Å². The molecule has 7 nitrogen and oxygen atoms in total. The van der Waals surface area contributed by atoms with Crippen LogP contribution in [0.1, 0.15) is 32.8 Å². The van der Waals surface area contributed by atoms with E-state index in [4.69, 9.17) is 21.4 Å². The molecule has 2 aromatic rings. The number of rotatable bonds is 4. The molecule has 2 rings (SSSR count). The van der Waals surface area contributed by atoms with Gasteiger partial charge in [-0.1, -0.05) is 11.6 Å². The maximum Gasteiger partial charge on any atom is 0.420 e. The fourth-order valence-corrected chi connectivity index (χ4v) is 4.41. The molecule has 0 saturated carbocycles. The molecule has 1 aromatic carbocycles. The largest absolute Gasteiger partial charge is 0.481 e. The van der Waals surface area contributed by atoms with Crippen LogP contribution in [0.5, 0.6) is 0 Å². The van der Waals surface area contributed by atoms with Crippen LogP contribution in [0.25, 0.3) is 10.9 Å². The molecule has 0 saturated heterocycles. The van der Waals surface area contributed by atoms with Crippen LogP contribution in [0.15, 0.2) is 23.2 Å². The lowest BCUT2D eigenvalue weighted by atomic mass is 10.2. The van der Waals surface area contributed by atoms with Crippen molar-refractivity contribution in [2.24, 2.45) is 0 Å². The number of fused-ring (bicyclic) bond motifs is 1. The Morgan fingerprint density at radius 3 is 2.42 bits per heavy atom. The molecule has 1 aromatic heterocycles. The third-order valence-corrected chi connectivity index (χ3v) is 5.64. The molecular weight excluding hydrogens is 382 g/mol. The van der Waals surface area contributed by atoms with Gasteiger partial charge in [-0.15, -0.1) is 0 Å². The Kier molecular flexibility index (Phi) is 5.39. The summed E-state index contributed by atoms with van der Waals surface area (Å²) >= 11 is 6.00. The first-order chi connectivity index (χ1) is 11.8. The summed E-state index contributed by atoms with van der Waals surface area (Å²) in [6, 6.07) is 4.63. The minimum Gasteiger partial charge on any atom is -0.481 e.